The summed E-state index contributed by atoms with van der Waals surface area (Å²) in [5.41, 5.74) is 2.19. The van der Waals surface area contributed by atoms with Gasteiger partial charge in [-0.1, -0.05) is 11.8 Å². The molecule has 3 heterocycles. The number of imidazole rings is 1. The number of carbonyl (C=O) groups is 2. The summed E-state index contributed by atoms with van der Waals surface area (Å²) in [5.74, 6) is 0.579. The molecule has 2 aliphatic heterocycles. The van der Waals surface area contributed by atoms with E-state index in [1.165, 1.54) is 4.90 Å². The summed E-state index contributed by atoms with van der Waals surface area (Å²) in [4.78, 5) is 29.3. The van der Waals surface area contributed by atoms with Gasteiger partial charge in [-0.2, -0.15) is 0 Å². The Bertz CT molecular complexity index is 592. The maximum atomic E-state index is 11.6. The molecule has 1 aromatic heterocycles. The first-order valence-electron chi connectivity index (χ1n) is 8.17. The third kappa shape index (κ3) is 3.61. The minimum atomic E-state index is -0.0503. The van der Waals surface area contributed by atoms with Crippen LogP contribution in [0.15, 0.2) is 5.16 Å². The number of thioether (sulfide) groups is 1. The number of aromatic nitrogens is 2. The molecule has 126 valence electrons. The Kier molecular flexibility index (Phi) is 5.06. The minimum Gasteiger partial charge on any atom is -0.376 e. The molecule has 0 aliphatic carbocycles. The highest BCUT2D eigenvalue weighted by atomic mass is 32.2. The Labute approximate surface area is 140 Å². The topological polar surface area (TPSA) is 64.4 Å². The summed E-state index contributed by atoms with van der Waals surface area (Å²) < 4.78 is 7.95. The predicted octanol–water partition coefficient (Wildman–Crippen LogP) is 1.92. The van der Waals surface area contributed by atoms with E-state index in [0.29, 0.717) is 25.1 Å². The average molecular weight is 337 g/mol. The molecule has 2 saturated heterocycles. The average Bonchev–Trinajstić information content (AvgIpc) is 3.21. The molecule has 0 N–H and O–H groups in total. The third-order valence-electron chi connectivity index (χ3n) is 4.53. The second-order valence-corrected chi connectivity index (χ2v) is 7.16. The van der Waals surface area contributed by atoms with Gasteiger partial charge in [-0.05, 0) is 26.7 Å². The lowest BCUT2D eigenvalue weighted by Gasteiger charge is -2.16. The molecule has 0 spiro atoms. The quantitative estimate of drug-likeness (QED) is 0.586. The highest BCUT2D eigenvalue weighted by Crippen LogP contribution is 2.25. The van der Waals surface area contributed by atoms with Crippen molar-refractivity contribution < 1.29 is 14.3 Å². The second kappa shape index (κ2) is 7.05. The molecule has 0 saturated carbocycles. The van der Waals surface area contributed by atoms with Gasteiger partial charge in [0.05, 0.1) is 18.3 Å². The van der Waals surface area contributed by atoms with Crippen molar-refractivity contribution in [2.24, 2.45) is 0 Å². The van der Waals surface area contributed by atoms with E-state index < -0.39 is 0 Å². The summed E-state index contributed by atoms with van der Waals surface area (Å²) >= 11 is 1.61. The SMILES string of the molecule is Cc1nc(SCCN2C(=O)CCC2=O)n(C[C@@H]2CCCO2)c1C. The summed E-state index contributed by atoms with van der Waals surface area (Å²) in [5, 5.41) is 0.953. The van der Waals surface area contributed by atoms with E-state index in [9.17, 15) is 9.59 Å². The van der Waals surface area contributed by atoms with Gasteiger partial charge in [0.25, 0.3) is 0 Å². The van der Waals surface area contributed by atoms with Gasteiger partial charge in [0.15, 0.2) is 5.16 Å². The fourth-order valence-electron chi connectivity index (χ4n) is 3.04. The summed E-state index contributed by atoms with van der Waals surface area (Å²) in [6.07, 6.45) is 3.20. The molecule has 2 aliphatic rings. The molecule has 3 rings (SSSR count). The van der Waals surface area contributed by atoms with E-state index in [2.05, 4.69) is 16.5 Å². The third-order valence-corrected chi connectivity index (χ3v) is 5.49. The molecule has 1 aromatic rings. The predicted molar refractivity (Wildman–Crippen MR) is 87.4 cm³/mol. The number of nitrogens with zero attached hydrogens (tertiary/aromatic N) is 3. The van der Waals surface area contributed by atoms with Crippen molar-refractivity contribution >= 4 is 23.6 Å². The Morgan fingerprint density at radius 2 is 2.00 bits per heavy atom. The zero-order chi connectivity index (χ0) is 16.4. The number of hydrogen-bond acceptors (Lipinski definition) is 5. The van der Waals surface area contributed by atoms with Crippen molar-refractivity contribution in [1.29, 1.82) is 0 Å². The van der Waals surface area contributed by atoms with Gasteiger partial charge in [0.2, 0.25) is 11.8 Å². The number of ether oxygens (including phenoxy) is 1. The minimum absolute atomic E-state index is 0.0503. The maximum absolute atomic E-state index is 11.6. The van der Waals surface area contributed by atoms with Crippen LogP contribution in [0, 0.1) is 13.8 Å². The summed E-state index contributed by atoms with van der Waals surface area (Å²) in [6, 6.07) is 0. The Morgan fingerprint density at radius 1 is 1.26 bits per heavy atom. The van der Waals surface area contributed by atoms with Gasteiger partial charge in [-0.3, -0.25) is 14.5 Å². The molecule has 6 nitrogen and oxygen atoms in total. The van der Waals surface area contributed by atoms with E-state index in [1.807, 2.05) is 6.92 Å². The first-order valence-corrected chi connectivity index (χ1v) is 9.16. The maximum Gasteiger partial charge on any atom is 0.229 e. The monoisotopic (exact) mass is 337 g/mol. The first-order chi connectivity index (χ1) is 11.1. The summed E-state index contributed by atoms with van der Waals surface area (Å²) in [7, 11) is 0. The zero-order valence-electron chi connectivity index (χ0n) is 13.7. The van der Waals surface area contributed by atoms with Crippen LogP contribution in [0.4, 0.5) is 0 Å². The number of carbonyl (C=O) groups excluding carboxylic acids is 2. The highest BCUT2D eigenvalue weighted by Gasteiger charge is 2.28. The van der Waals surface area contributed by atoms with E-state index >= 15 is 0 Å². The van der Waals surface area contributed by atoms with Gasteiger partial charge in [0.1, 0.15) is 0 Å². The van der Waals surface area contributed by atoms with Crippen molar-refractivity contribution in [3.63, 3.8) is 0 Å². The van der Waals surface area contributed by atoms with Crippen LogP contribution in [0.3, 0.4) is 0 Å². The van der Waals surface area contributed by atoms with Crippen LogP contribution in [0.2, 0.25) is 0 Å². The number of imide groups is 1. The van der Waals surface area contributed by atoms with Gasteiger partial charge >= 0.3 is 0 Å². The van der Waals surface area contributed by atoms with Crippen molar-refractivity contribution in [1.82, 2.24) is 14.5 Å². The van der Waals surface area contributed by atoms with Crippen LogP contribution in [0.25, 0.3) is 0 Å². The summed E-state index contributed by atoms with van der Waals surface area (Å²) in [6.45, 7) is 6.23. The van der Waals surface area contributed by atoms with Crippen LogP contribution >= 0.6 is 11.8 Å². The van der Waals surface area contributed by atoms with Crippen LogP contribution in [0.1, 0.15) is 37.1 Å². The van der Waals surface area contributed by atoms with Crippen molar-refractivity contribution in [3.05, 3.63) is 11.4 Å². The molecule has 2 amide bonds. The number of likely N-dealkylation sites (tertiary alicyclic amines) is 1. The van der Waals surface area contributed by atoms with Gasteiger partial charge in [0, 0.05) is 37.4 Å². The normalized spacial score (nSPS) is 21.7. The highest BCUT2D eigenvalue weighted by molar-refractivity contribution is 7.99. The lowest BCUT2D eigenvalue weighted by atomic mass is 10.2. The van der Waals surface area contributed by atoms with E-state index in [4.69, 9.17) is 4.74 Å². The number of aryl methyl sites for hydroxylation is 1. The van der Waals surface area contributed by atoms with Crippen molar-refractivity contribution in [3.8, 4) is 0 Å². The van der Waals surface area contributed by atoms with Crippen molar-refractivity contribution in [2.45, 2.75) is 57.3 Å². The van der Waals surface area contributed by atoms with Gasteiger partial charge < -0.3 is 9.30 Å². The second-order valence-electron chi connectivity index (χ2n) is 6.10. The van der Waals surface area contributed by atoms with Gasteiger partial charge in [-0.25, -0.2) is 4.98 Å². The van der Waals surface area contributed by atoms with Crippen LogP contribution in [-0.4, -0.2) is 51.3 Å². The smallest absolute Gasteiger partial charge is 0.229 e. The molecule has 0 bridgehead atoms. The van der Waals surface area contributed by atoms with E-state index in [1.54, 1.807) is 11.8 Å². The molecule has 1 atom stereocenters. The molecular weight excluding hydrogens is 314 g/mol. The fourth-order valence-corrected chi connectivity index (χ4v) is 4.07. The largest absolute Gasteiger partial charge is 0.376 e. The van der Waals surface area contributed by atoms with E-state index in [0.717, 1.165) is 42.5 Å². The Hall–Kier alpha value is -1.34. The number of rotatable bonds is 6. The molecule has 23 heavy (non-hydrogen) atoms. The van der Waals surface area contributed by atoms with Gasteiger partial charge in [-0.15, -0.1) is 0 Å². The van der Waals surface area contributed by atoms with Crippen LogP contribution < -0.4 is 0 Å². The first kappa shape index (κ1) is 16.5. The number of amides is 2. The van der Waals surface area contributed by atoms with Crippen LogP contribution in [0.5, 0.6) is 0 Å². The standard InChI is InChI=1S/C16H23N3O3S/c1-11-12(2)19(10-13-4-3-8-22-13)16(17-11)23-9-7-18-14(20)5-6-15(18)21/h13H,3-10H2,1-2H3/t13-/m0/s1. The van der Waals surface area contributed by atoms with E-state index in [-0.39, 0.29) is 17.9 Å². The fraction of sp³-hybridized carbons (Fsp3) is 0.688. The molecule has 0 aromatic carbocycles. The molecular formula is C16H23N3O3S. The Balaban J connectivity index is 1.61. The Morgan fingerprint density at radius 3 is 2.65 bits per heavy atom. The number of hydrogen-bond donors (Lipinski definition) is 0. The molecule has 0 unspecified atom stereocenters. The molecule has 0 radical (unpaired) electrons. The lowest BCUT2D eigenvalue weighted by molar-refractivity contribution is -0.137. The van der Waals surface area contributed by atoms with Crippen LogP contribution in [-0.2, 0) is 20.9 Å². The molecule has 7 heteroatoms. The lowest BCUT2D eigenvalue weighted by Crippen LogP contribution is -2.31. The zero-order valence-corrected chi connectivity index (χ0v) is 14.5. The van der Waals surface area contributed by atoms with Crippen molar-refractivity contribution in [2.75, 3.05) is 18.9 Å². The molecule has 2 fully saturated rings.